The van der Waals surface area contributed by atoms with Crippen LogP contribution in [-0.2, 0) is 5.41 Å². The van der Waals surface area contributed by atoms with Gasteiger partial charge in [0, 0.05) is 65.8 Å². The van der Waals surface area contributed by atoms with E-state index >= 15 is 0 Å². The fraction of sp³-hybridized carbons (Fsp3) is 0.00870. The van der Waals surface area contributed by atoms with Crippen LogP contribution in [0.15, 0.2) is 437 Å². The molecule has 552 valence electrons. The van der Waals surface area contributed by atoms with Crippen LogP contribution in [0.5, 0.6) is 0 Å². The van der Waals surface area contributed by atoms with Gasteiger partial charge in [0.2, 0.25) is 0 Å². The van der Waals surface area contributed by atoms with Crippen molar-refractivity contribution in [1.29, 1.82) is 0 Å². The van der Waals surface area contributed by atoms with Crippen molar-refractivity contribution < 1.29 is 0 Å². The van der Waals surface area contributed by atoms with Gasteiger partial charge in [-0.05, 0) is 237 Å². The van der Waals surface area contributed by atoms with Crippen LogP contribution < -0.4 is 0 Å². The van der Waals surface area contributed by atoms with Crippen molar-refractivity contribution in [2.24, 2.45) is 0 Å². The third-order valence-corrected chi connectivity index (χ3v) is 26.0. The smallest absolute Gasteiger partial charge is 0.0726 e. The van der Waals surface area contributed by atoms with Crippen molar-refractivity contribution in [3.63, 3.8) is 0 Å². The lowest BCUT2D eigenvalue weighted by atomic mass is 9.70. The summed E-state index contributed by atoms with van der Waals surface area (Å²) in [6.45, 7) is 0. The van der Waals surface area contributed by atoms with Gasteiger partial charge in [-0.25, -0.2) is 0 Å². The summed E-state index contributed by atoms with van der Waals surface area (Å²) in [5.74, 6) is 0. The standard InChI is InChI=1S/C61H38N2.C54H34N2/c1-2-14-39(15-3-1)40-26-30-43(31-27-40)62-58-25-13-8-20-50(58)52-36-41(29-35-59(52)62)42-28-33-51-49-19-7-12-24-57(49)63(60(51)37-42)44-32-34-48-47-18-6-11-23-55(47)61(56(48)38-44)53-21-9-4-16-45(53)46-17-5-10-22-54(46)61;1-2-12-37-31-42(28-21-35(37)11-1)56-52-20-10-8-18-47(52)50-32-38(25-30-53(50)56)39-24-29-48-46-17-7-9-19-51(46)55(54(48)34-39)41-26-22-36(23-27-41)49-33-40-13-3-4-14-43(40)44-15-5-6-16-45(44)49/h1-38H;1-34H. The Kier molecular flexibility index (Phi) is 14.7. The van der Waals surface area contributed by atoms with Crippen LogP contribution in [0.3, 0.4) is 0 Å². The van der Waals surface area contributed by atoms with E-state index in [4.69, 9.17) is 0 Å². The Labute approximate surface area is 687 Å². The average molecular weight is 1510 g/mol. The van der Waals surface area contributed by atoms with Gasteiger partial charge in [-0.3, -0.25) is 0 Å². The zero-order valence-electron chi connectivity index (χ0n) is 64.9. The Bertz CT molecular complexity index is 8290. The van der Waals surface area contributed by atoms with Crippen molar-refractivity contribution in [3.05, 3.63) is 459 Å². The molecule has 4 aromatic heterocycles. The van der Waals surface area contributed by atoms with E-state index in [1.807, 2.05) is 0 Å². The number of rotatable bonds is 8. The molecule has 0 radical (unpaired) electrons. The van der Waals surface area contributed by atoms with Crippen LogP contribution in [0.4, 0.5) is 0 Å². The van der Waals surface area contributed by atoms with Crippen LogP contribution >= 0.6 is 0 Å². The number of nitrogens with zero attached hydrogens (tertiary/aromatic N) is 4. The molecule has 119 heavy (non-hydrogen) atoms. The molecule has 4 nitrogen and oxygen atoms in total. The fourth-order valence-corrected chi connectivity index (χ4v) is 20.8. The molecule has 0 bridgehead atoms. The summed E-state index contributed by atoms with van der Waals surface area (Å²) in [6, 6.07) is 162. The molecule has 1 spiro atoms. The van der Waals surface area contributed by atoms with Crippen molar-refractivity contribution in [1.82, 2.24) is 18.3 Å². The SMILES string of the molecule is c1ccc(-c2ccc(-n3c4ccccc4c4cc(-c5ccc6c7ccccc7n(-c7ccc8c(c7)C7(c9ccccc9-c9ccccc97)c7ccccc7-8)c6c5)ccc43)cc2)cc1.c1ccc2cc(-n3c4ccccc4c4cc(-c5ccc6c7ccccc7n(-c7ccc(-c8cc9ccccc9c9ccccc89)cc7)c6c5)ccc43)ccc2c1. The molecule has 0 unspecified atom stereocenters. The van der Waals surface area contributed by atoms with Gasteiger partial charge in [-0.1, -0.05) is 322 Å². The summed E-state index contributed by atoms with van der Waals surface area (Å²) in [5.41, 5.74) is 34.3. The van der Waals surface area contributed by atoms with E-state index in [2.05, 4.69) is 455 Å². The second kappa shape index (κ2) is 26.2. The maximum atomic E-state index is 2.50. The third kappa shape index (κ3) is 10.1. The molecule has 4 heteroatoms. The largest absolute Gasteiger partial charge is 0.309 e. The van der Waals surface area contributed by atoms with E-state index in [0.717, 1.165) is 11.4 Å². The summed E-state index contributed by atoms with van der Waals surface area (Å²) in [5, 5.41) is 17.6. The highest BCUT2D eigenvalue weighted by molar-refractivity contribution is 6.17. The molecule has 0 fully saturated rings. The molecule has 0 saturated carbocycles. The van der Waals surface area contributed by atoms with Crippen molar-refractivity contribution in [2.45, 2.75) is 5.41 Å². The summed E-state index contributed by atoms with van der Waals surface area (Å²) in [7, 11) is 0. The Morgan fingerprint density at radius 1 is 0.134 bits per heavy atom. The van der Waals surface area contributed by atoms with E-state index in [1.165, 1.54) is 220 Å². The highest BCUT2D eigenvalue weighted by atomic mass is 15.0. The summed E-state index contributed by atoms with van der Waals surface area (Å²) < 4.78 is 9.75. The number of benzene rings is 20. The Morgan fingerprint density at radius 2 is 0.471 bits per heavy atom. The van der Waals surface area contributed by atoms with Crippen LogP contribution in [0, 0.1) is 0 Å². The van der Waals surface area contributed by atoms with Crippen molar-refractivity contribution in [3.8, 4) is 89.5 Å². The van der Waals surface area contributed by atoms with Gasteiger partial charge in [-0.15, -0.1) is 0 Å². The van der Waals surface area contributed by atoms with Gasteiger partial charge >= 0.3 is 0 Å². The molecule has 0 amide bonds. The Hall–Kier alpha value is -15.6. The molecular weight excluding hydrogens is 1440 g/mol. The van der Waals surface area contributed by atoms with Crippen LogP contribution in [-0.4, -0.2) is 18.3 Å². The number of hydrogen-bond acceptors (Lipinski definition) is 0. The van der Waals surface area contributed by atoms with Crippen molar-refractivity contribution in [2.75, 3.05) is 0 Å². The maximum Gasteiger partial charge on any atom is 0.0726 e. The van der Waals surface area contributed by atoms with Crippen LogP contribution in [0.2, 0.25) is 0 Å². The molecule has 2 aliphatic carbocycles. The fourth-order valence-electron chi connectivity index (χ4n) is 20.8. The van der Waals surface area contributed by atoms with Gasteiger partial charge in [0.05, 0.1) is 49.5 Å². The molecular formula is C115H72N4. The topological polar surface area (TPSA) is 19.7 Å². The molecule has 0 atom stereocenters. The highest BCUT2D eigenvalue weighted by Crippen LogP contribution is 2.63. The molecule has 0 N–H and O–H groups in total. The Balaban J connectivity index is 0.000000133. The minimum atomic E-state index is -0.405. The molecule has 26 rings (SSSR count). The van der Waals surface area contributed by atoms with Gasteiger partial charge in [0.25, 0.3) is 0 Å². The van der Waals surface area contributed by atoms with E-state index in [0.29, 0.717) is 0 Å². The van der Waals surface area contributed by atoms with E-state index < -0.39 is 5.41 Å². The first kappa shape index (κ1) is 66.8. The minimum absolute atomic E-state index is 0.405. The number of aromatic nitrogens is 4. The van der Waals surface area contributed by atoms with Gasteiger partial charge in [0.1, 0.15) is 0 Å². The van der Waals surface area contributed by atoms with E-state index in [-0.39, 0.29) is 0 Å². The van der Waals surface area contributed by atoms with E-state index in [1.54, 1.807) is 0 Å². The molecule has 0 aliphatic heterocycles. The first-order chi connectivity index (χ1) is 59.0. The molecule has 24 aromatic rings. The predicted octanol–water partition coefficient (Wildman–Crippen LogP) is 30.2. The van der Waals surface area contributed by atoms with E-state index in [9.17, 15) is 0 Å². The van der Waals surface area contributed by atoms with Gasteiger partial charge in [0.15, 0.2) is 0 Å². The number of fused-ring (bicyclic) bond motifs is 26. The predicted molar refractivity (Wildman–Crippen MR) is 501 cm³/mol. The first-order valence-corrected chi connectivity index (χ1v) is 41.3. The Morgan fingerprint density at radius 3 is 1.02 bits per heavy atom. The van der Waals surface area contributed by atoms with Gasteiger partial charge < -0.3 is 18.3 Å². The summed E-state index contributed by atoms with van der Waals surface area (Å²) in [6.07, 6.45) is 0. The monoisotopic (exact) mass is 1510 g/mol. The summed E-state index contributed by atoms with van der Waals surface area (Å²) >= 11 is 0. The highest BCUT2D eigenvalue weighted by Gasteiger charge is 2.51. The molecule has 20 aromatic carbocycles. The first-order valence-electron chi connectivity index (χ1n) is 41.3. The second-order valence-corrected chi connectivity index (χ2v) is 32.1. The third-order valence-electron chi connectivity index (χ3n) is 26.0. The lowest BCUT2D eigenvalue weighted by Gasteiger charge is -2.30. The van der Waals surface area contributed by atoms with Crippen molar-refractivity contribution >= 4 is 120 Å². The quantitative estimate of drug-likeness (QED) is 0.135. The second-order valence-electron chi connectivity index (χ2n) is 32.1. The van der Waals surface area contributed by atoms with Crippen LogP contribution in [0.1, 0.15) is 22.3 Å². The average Bonchev–Trinajstić information content (AvgIpc) is 1.51. The molecule has 4 heterocycles. The zero-order valence-corrected chi connectivity index (χ0v) is 64.9. The lowest BCUT2D eigenvalue weighted by Crippen LogP contribution is -2.26. The zero-order chi connectivity index (χ0) is 78.0. The lowest BCUT2D eigenvalue weighted by molar-refractivity contribution is 0.792. The number of hydrogen-bond donors (Lipinski definition) is 0. The maximum absolute atomic E-state index is 2.50. The van der Waals surface area contributed by atoms with Crippen LogP contribution in [0.25, 0.3) is 209 Å². The normalized spacial score (nSPS) is 12.6. The summed E-state index contributed by atoms with van der Waals surface area (Å²) in [4.78, 5) is 0. The molecule has 0 saturated heterocycles. The minimum Gasteiger partial charge on any atom is -0.309 e. The van der Waals surface area contributed by atoms with Gasteiger partial charge in [-0.2, -0.15) is 0 Å². The number of para-hydroxylation sites is 4. The molecule has 2 aliphatic rings.